The van der Waals surface area contributed by atoms with Gasteiger partial charge in [-0.25, -0.2) is 12.7 Å². The van der Waals surface area contributed by atoms with E-state index in [0.717, 1.165) is 16.7 Å². The van der Waals surface area contributed by atoms with Crippen LogP contribution in [0.3, 0.4) is 0 Å². The molecule has 0 atom stereocenters. The van der Waals surface area contributed by atoms with Crippen molar-refractivity contribution in [2.24, 2.45) is 0 Å². The van der Waals surface area contributed by atoms with Crippen LogP contribution in [0.4, 0.5) is 5.69 Å². The van der Waals surface area contributed by atoms with E-state index in [4.69, 9.17) is 11.6 Å². The van der Waals surface area contributed by atoms with Gasteiger partial charge in [-0.3, -0.25) is 4.79 Å². The molecule has 0 aliphatic carbocycles. The number of amides is 1. The highest BCUT2D eigenvalue weighted by Crippen LogP contribution is 2.25. The monoisotopic (exact) mass is 409 g/mol. The highest BCUT2D eigenvalue weighted by Gasteiger charge is 2.19. The first-order valence-corrected chi connectivity index (χ1v) is 10.2. The zero-order chi connectivity index (χ0) is 20.2. The third-order valence-corrected chi connectivity index (χ3v) is 6.31. The van der Waals surface area contributed by atoms with E-state index < -0.39 is 10.0 Å². The Balaban J connectivity index is 2.05. The lowest BCUT2D eigenvalue weighted by atomic mass is 10.1. The van der Waals surface area contributed by atoms with Gasteiger partial charge in [-0.15, -0.1) is 0 Å². The van der Waals surface area contributed by atoms with Gasteiger partial charge in [0, 0.05) is 31.4 Å². The highest BCUT2D eigenvalue weighted by molar-refractivity contribution is 7.89. The number of aryl methyl sites for hydroxylation is 1. The Kier molecular flexibility index (Phi) is 6.86. The molecule has 0 aliphatic heterocycles. The molecule has 8 heteroatoms. The number of carbonyl (C=O) groups is 1. The molecule has 0 bridgehead atoms. The molecule has 0 unspecified atom stereocenters. The largest absolute Gasteiger partial charge is 0.376 e. The molecule has 2 aromatic rings. The normalized spacial score (nSPS) is 11.5. The molecule has 0 radical (unpaired) electrons. The van der Waals surface area contributed by atoms with E-state index >= 15 is 0 Å². The van der Waals surface area contributed by atoms with Crippen LogP contribution in [0.2, 0.25) is 5.02 Å². The molecule has 2 aromatic carbocycles. The van der Waals surface area contributed by atoms with Crippen LogP contribution in [0, 0.1) is 13.8 Å². The number of anilines is 1. The number of hydrogen-bond acceptors (Lipinski definition) is 4. The number of rotatable bonds is 7. The number of nitrogens with one attached hydrogen (secondary N) is 2. The van der Waals surface area contributed by atoms with Crippen LogP contribution in [0.15, 0.2) is 41.3 Å². The Bertz CT molecular complexity index is 926. The van der Waals surface area contributed by atoms with Crippen LogP contribution in [0.1, 0.15) is 16.7 Å². The van der Waals surface area contributed by atoms with Crippen molar-refractivity contribution in [3.05, 3.63) is 58.1 Å². The Morgan fingerprint density at radius 2 is 1.74 bits per heavy atom. The summed E-state index contributed by atoms with van der Waals surface area (Å²) in [5, 5.41) is 6.49. The van der Waals surface area contributed by atoms with Gasteiger partial charge in [0.15, 0.2) is 0 Å². The summed E-state index contributed by atoms with van der Waals surface area (Å²) in [5.41, 5.74) is 3.30. The van der Waals surface area contributed by atoms with Crippen LogP contribution in [-0.2, 0) is 21.4 Å². The van der Waals surface area contributed by atoms with Crippen LogP contribution < -0.4 is 10.6 Å². The van der Waals surface area contributed by atoms with Crippen LogP contribution in [-0.4, -0.2) is 39.3 Å². The molecule has 27 heavy (non-hydrogen) atoms. The molecule has 1 amide bonds. The minimum atomic E-state index is -3.55. The summed E-state index contributed by atoms with van der Waals surface area (Å²) in [6.07, 6.45) is 0. The maximum atomic E-state index is 12.4. The van der Waals surface area contributed by atoms with Crippen molar-refractivity contribution < 1.29 is 13.2 Å². The Morgan fingerprint density at radius 1 is 1.11 bits per heavy atom. The lowest BCUT2D eigenvalue weighted by molar-refractivity contribution is -0.119. The van der Waals surface area contributed by atoms with Gasteiger partial charge >= 0.3 is 0 Å². The third-order valence-electron chi connectivity index (χ3n) is 4.26. The molecule has 0 aliphatic rings. The molecule has 0 saturated carbocycles. The van der Waals surface area contributed by atoms with Gasteiger partial charge in [0.05, 0.1) is 11.4 Å². The maximum absolute atomic E-state index is 12.4. The van der Waals surface area contributed by atoms with Crippen molar-refractivity contribution >= 4 is 33.2 Å². The number of nitrogens with zero attached hydrogens (tertiary/aromatic N) is 1. The summed E-state index contributed by atoms with van der Waals surface area (Å²) in [5.74, 6) is -0.192. The first-order valence-electron chi connectivity index (χ1n) is 8.40. The fourth-order valence-corrected chi connectivity index (χ4v) is 3.55. The molecule has 0 saturated heterocycles. The van der Waals surface area contributed by atoms with E-state index in [9.17, 15) is 13.2 Å². The van der Waals surface area contributed by atoms with E-state index in [1.165, 1.54) is 18.4 Å². The summed E-state index contributed by atoms with van der Waals surface area (Å²) in [6.45, 7) is 4.16. The van der Waals surface area contributed by atoms with Crippen molar-refractivity contribution in [3.63, 3.8) is 0 Å². The lowest BCUT2D eigenvalue weighted by Crippen LogP contribution is -2.29. The van der Waals surface area contributed by atoms with E-state index in [0.29, 0.717) is 17.3 Å². The summed E-state index contributed by atoms with van der Waals surface area (Å²) in [4.78, 5) is 12.3. The molecule has 146 valence electrons. The van der Waals surface area contributed by atoms with Crippen molar-refractivity contribution in [2.75, 3.05) is 26.0 Å². The van der Waals surface area contributed by atoms with Crippen molar-refractivity contribution in [1.82, 2.24) is 9.62 Å². The molecular weight excluding hydrogens is 386 g/mol. The first kappa shape index (κ1) is 21.2. The summed E-state index contributed by atoms with van der Waals surface area (Å²) in [6, 6.07) is 10.4. The Labute approximate surface area is 165 Å². The van der Waals surface area contributed by atoms with E-state index in [-0.39, 0.29) is 17.3 Å². The fourth-order valence-electron chi connectivity index (χ4n) is 2.41. The zero-order valence-electron chi connectivity index (χ0n) is 15.8. The summed E-state index contributed by atoms with van der Waals surface area (Å²) >= 11 is 5.84. The number of hydrogen-bond donors (Lipinski definition) is 2. The average molecular weight is 410 g/mol. The van der Waals surface area contributed by atoms with E-state index in [1.54, 1.807) is 24.3 Å². The van der Waals surface area contributed by atoms with Crippen LogP contribution in [0.5, 0.6) is 0 Å². The van der Waals surface area contributed by atoms with E-state index in [2.05, 4.69) is 10.6 Å². The number of sulfonamides is 1. The number of halogens is 1. The van der Waals surface area contributed by atoms with Gasteiger partial charge in [-0.1, -0.05) is 23.7 Å². The minimum absolute atomic E-state index is 0.0410. The topological polar surface area (TPSA) is 78.5 Å². The first-order chi connectivity index (χ1) is 12.6. The average Bonchev–Trinajstić information content (AvgIpc) is 2.62. The summed E-state index contributed by atoms with van der Waals surface area (Å²) < 4.78 is 25.9. The van der Waals surface area contributed by atoms with Crippen LogP contribution >= 0.6 is 11.6 Å². The molecule has 6 nitrogen and oxygen atoms in total. The molecule has 0 heterocycles. The van der Waals surface area contributed by atoms with Crippen LogP contribution in [0.25, 0.3) is 0 Å². The number of carbonyl (C=O) groups excluding carboxylic acids is 1. The molecule has 0 fully saturated rings. The van der Waals surface area contributed by atoms with Crippen molar-refractivity contribution in [3.8, 4) is 0 Å². The molecule has 2 rings (SSSR count). The summed E-state index contributed by atoms with van der Waals surface area (Å²) in [7, 11) is -0.569. The predicted molar refractivity (Wildman–Crippen MR) is 109 cm³/mol. The second-order valence-electron chi connectivity index (χ2n) is 6.46. The Hall–Kier alpha value is -2.09. The van der Waals surface area contributed by atoms with Gasteiger partial charge in [0.25, 0.3) is 0 Å². The molecule has 2 N–H and O–H groups in total. The lowest BCUT2D eigenvalue weighted by Gasteiger charge is -2.17. The zero-order valence-corrected chi connectivity index (χ0v) is 17.4. The van der Waals surface area contributed by atoms with Gasteiger partial charge < -0.3 is 10.6 Å². The maximum Gasteiger partial charge on any atom is 0.242 e. The van der Waals surface area contributed by atoms with Gasteiger partial charge in [-0.2, -0.15) is 0 Å². The second-order valence-corrected chi connectivity index (χ2v) is 9.05. The van der Waals surface area contributed by atoms with Crippen molar-refractivity contribution in [1.29, 1.82) is 0 Å². The SMILES string of the molecule is Cc1cc(S(=O)(=O)N(C)C)cc(NCC(=O)NCc2ccc(Cl)cc2)c1C. The van der Waals surface area contributed by atoms with Gasteiger partial charge in [0.2, 0.25) is 15.9 Å². The highest BCUT2D eigenvalue weighted by atomic mass is 35.5. The number of benzene rings is 2. The molecule has 0 spiro atoms. The minimum Gasteiger partial charge on any atom is -0.376 e. The van der Waals surface area contributed by atoms with Gasteiger partial charge in [-0.05, 0) is 54.8 Å². The quantitative estimate of drug-likeness (QED) is 0.736. The third kappa shape index (κ3) is 5.45. The Morgan fingerprint density at radius 3 is 2.33 bits per heavy atom. The van der Waals surface area contributed by atoms with E-state index in [1.807, 2.05) is 26.0 Å². The predicted octanol–water partition coefficient (Wildman–Crippen LogP) is 2.94. The van der Waals surface area contributed by atoms with Crippen molar-refractivity contribution in [2.45, 2.75) is 25.3 Å². The standard InChI is InChI=1S/C19H24ClN3O3S/c1-13-9-17(27(25,26)23(3)4)10-18(14(13)2)21-12-19(24)22-11-15-5-7-16(20)8-6-15/h5-10,21H,11-12H2,1-4H3,(H,22,24). The molecule has 0 aromatic heterocycles. The smallest absolute Gasteiger partial charge is 0.242 e. The second kappa shape index (κ2) is 8.73. The molecular formula is C19H24ClN3O3S. The van der Waals surface area contributed by atoms with Gasteiger partial charge in [0.1, 0.15) is 0 Å². The fraction of sp³-hybridized carbons (Fsp3) is 0.316.